The maximum atomic E-state index is 11.0. The third-order valence-corrected chi connectivity index (χ3v) is 8.28. The van der Waals surface area contributed by atoms with Crippen molar-refractivity contribution in [1.29, 1.82) is 0 Å². The molecule has 0 aliphatic carbocycles. The van der Waals surface area contributed by atoms with Gasteiger partial charge in [-0.3, -0.25) is 15.1 Å². The van der Waals surface area contributed by atoms with Crippen molar-refractivity contribution < 1.29 is 4.92 Å². The van der Waals surface area contributed by atoms with Crippen LogP contribution in [0.15, 0.2) is 125 Å². The summed E-state index contributed by atoms with van der Waals surface area (Å²) >= 11 is 7.48. The van der Waals surface area contributed by atoms with Gasteiger partial charge in [-0.1, -0.05) is 36.0 Å². The first-order valence-electron chi connectivity index (χ1n) is 12.8. The molecule has 0 amide bonds. The maximum absolute atomic E-state index is 11.0. The smallest absolute Gasteiger partial charge is 0.269 e. The number of thiocarbonyl (C=S) groups is 1. The molecule has 0 saturated carbocycles. The average molecular weight is 564 g/mol. The van der Waals surface area contributed by atoms with E-state index < -0.39 is 0 Å². The van der Waals surface area contributed by atoms with Crippen LogP contribution in [-0.2, 0) is 0 Å². The third kappa shape index (κ3) is 4.97. The second-order valence-corrected chi connectivity index (χ2v) is 11.0. The lowest BCUT2D eigenvalue weighted by atomic mass is 10.0. The summed E-state index contributed by atoms with van der Waals surface area (Å²) in [6.45, 7) is 2.12. The number of hydrogen-bond donors (Lipinski definition) is 1. The Bertz CT molecular complexity index is 1670. The van der Waals surface area contributed by atoms with Crippen molar-refractivity contribution in [3.63, 3.8) is 0 Å². The molecule has 1 saturated heterocycles. The van der Waals surface area contributed by atoms with Crippen LogP contribution in [-0.4, -0.2) is 19.6 Å². The number of hydrogen-bond acceptors (Lipinski definition) is 5. The Balaban J connectivity index is 1.36. The monoisotopic (exact) mass is 563 g/mol. The van der Waals surface area contributed by atoms with Crippen LogP contribution in [0.2, 0.25) is 0 Å². The molecule has 1 aliphatic heterocycles. The number of non-ortho nitro benzene ring substituents is 1. The van der Waals surface area contributed by atoms with E-state index in [1.807, 2.05) is 30.5 Å². The van der Waals surface area contributed by atoms with E-state index in [1.165, 1.54) is 17.7 Å². The second-order valence-electron chi connectivity index (χ2n) is 9.43. The second kappa shape index (κ2) is 11.0. The summed E-state index contributed by atoms with van der Waals surface area (Å²) in [4.78, 5) is 19.4. The molecule has 9 heteroatoms. The largest absolute Gasteiger partial charge is 0.351 e. The number of pyridine rings is 1. The van der Waals surface area contributed by atoms with Crippen molar-refractivity contribution in [2.45, 2.75) is 28.8 Å². The summed E-state index contributed by atoms with van der Waals surface area (Å²) in [6, 6.07) is 33.0. The number of anilines is 1. The van der Waals surface area contributed by atoms with Crippen LogP contribution in [0, 0.1) is 17.0 Å². The van der Waals surface area contributed by atoms with Gasteiger partial charge < -0.3 is 14.8 Å². The van der Waals surface area contributed by atoms with Crippen LogP contribution in [0.25, 0.3) is 5.69 Å². The predicted molar refractivity (Wildman–Crippen MR) is 162 cm³/mol. The Morgan fingerprint density at radius 1 is 0.900 bits per heavy atom. The number of rotatable bonds is 7. The lowest BCUT2D eigenvalue weighted by Crippen LogP contribution is -2.30. The van der Waals surface area contributed by atoms with E-state index in [9.17, 15) is 10.1 Å². The molecule has 2 atom stereocenters. The first-order chi connectivity index (χ1) is 19.5. The summed E-state index contributed by atoms with van der Waals surface area (Å²) in [6.07, 6.45) is 3.90. The normalized spacial score (nSPS) is 16.6. The van der Waals surface area contributed by atoms with E-state index in [-0.39, 0.29) is 22.7 Å². The van der Waals surface area contributed by atoms with E-state index in [0.717, 1.165) is 32.6 Å². The fourth-order valence-corrected chi connectivity index (χ4v) is 6.23. The lowest BCUT2D eigenvalue weighted by molar-refractivity contribution is -0.384. The van der Waals surface area contributed by atoms with Gasteiger partial charge in [0.05, 0.1) is 16.7 Å². The van der Waals surface area contributed by atoms with E-state index in [0.29, 0.717) is 5.11 Å². The molecule has 2 aromatic heterocycles. The molecule has 7 nitrogen and oxygen atoms in total. The highest BCUT2D eigenvalue weighted by Gasteiger charge is 2.42. The molecule has 5 aromatic rings. The third-order valence-electron chi connectivity index (χ3n) is 6.95. The number of benzene rings is 3. The van der Waals surface area contributed by atoms with Crippen LogP contribution in [0.1, 0.15) is 29.0 Å². The molecule has 3 aromatic carbocycles. The molecule has 0 bridgehead atoms. The van der Waals surface area contributed by atoms with Gasteiger partial charge in [0.25, 0.3) is 5.69 Å². The number of aryl methyl sites for hydroxylation is 1. The van der Waals surface area contributed by atoms with Gasteiger partial charge in [-0.25, -0.2) is 0 Å². The van der Waals surface area contributed by atoms with Crippen molar-refractivity contribution in [3.05, 3.63) is 143 Å². The molecule has 1 aliphatic rings. The Hall–Kier alpha value is -4.47. The van der Waals surface area contributed by atoms with Crippen LogP contribution < -0.4 is 10.2 Å². The van der Waals surface area contributed by atoms with Gasteiger partial charge in [0.2, 0.25) is 0 Å². The molecule has 1 fully saturated rings. The van der Waals surface area contributed by atoms with E-state index in [4.69, 9.17) is 12.2 Å². The first kappa shape index (κ1) is 25.8. The standard InChI is InChI=1S/C31H25N5O2S2/c1-21-7-2-3-9-27(21)34-20-6-10-28(34)30-29(26-8-4-5-19-32-26)33-31(39)35(30)22-11-15-24(16-12-22)40-25-17-13-23(14-18-25)36(37)38/h2-20,29-30H,1H3,(H,33,39)/t29-,30+/m0/s1. The van der Waals surface area contributed by atoms with Crippen LogP contribution in [0.5, 0.6) is 0 Å². The highest BCUT2D eigenvalue weighted by Crippen LogP contribution is 2.43. The summed E-state index contributed by atoms with van der Waals surface area (Å²) in [5.74, 6) is 0. The molecule has 3 heterocycles. The Morgan fingerprint density at radius 3 is 2.27 bits per heavy atom. The van der Waals surface area contributed by atoms with Gasteiger partial charge in [-0.05, 0) is 91.4 Å². The molecular weight excluding hydrogens is 539 g/mol. The van der Waals surface area contributed by atoms with Crippen LogP contribution in [0.4, 0.5) is 11.4 Å². The molecule has 0 radical (unpaired) electrons. The quantitative estimate of drug-likeness (QED) is 0.125. The molecule has 0 unspecified atom stereocenters. The van der Waals surface area contributed by atoms with E-state index >= 15 is 0 Å². The highest BCUT2D eigenvalue weighted by atomic mass is 32.2. The summed E-state index contributed by atoms with van der Waals surface area (Å²) in [7, 11) is 0. The topological polar surface area (TPSA) is 76.2 Å². The fourth-order valence-electron chi connectivity index (χ4n) is 5.07. The number of nitro benzene ring substituents is 1. The fraction of sp³-hybridized carbons (Fsp3) is 0.0968. The van der Waals surface area contributed by atoms with E-state index in [2.05, 4.69) is 87.5 Å². The molecule has 1 N–H and O–H groups in total. The Kier molecular flexibility index (Phi) is 7.06. The van der Waals surface area contributed by atoms with Gasteiger partial charge in [0, 0.05) is 51.4 Å². The minimum absolute atomic E-state index is 0.0821. The lowest BCUT2D eigenvalue weighted by Gasteiger charge is -2.29. The zero-order valence-electron chi connectivity index (χ0n) is 21.5. The number of nitro groups is 1. The SMILES string of the molecule is Cc1ccccc1-n1cccc1[C@@H]1[C@H](c2ccccn2)NC(=S)N1c1ccc(Sc2ccc([N+](=O)[O-])cc2)cc1. The molecule has 40 heavy (non-hydrogen) atoms. The van der Waals surface area contributed by atoms with E-state index in [1.54, 1.807) is 23.9 Å². The average Bonchev–Trinajstić information content (AvgIpc) is 3.59. The van der Waals surface area contributed by atoms with Crippen LogP contribution >= 0.6 is 24.0 Å². The predicted octanol–water partition coefficient (Wildman–Crippen LogP) is 7.42. The van der Waals surface area contributed by atoms with Gasteiger partial charge in [0.1, 0.15) is 6.04 Å². The minimum Gasteiger partial charge on any atom is -0.351 e. The summed E-state index contributed by atoms with van der Waals surface area (Å²) < 4.78 is 2.23. The molecule has 0 spiro atoms. The van der Waals surface area contributed by atoms with Gasteiger partial charge >= 0.3 is 0 Å². The Labute approximate surface area is 241 Å². The first-order valence-corrected chi connectivity index (χ1v) is 14.0. The number of nitrogens with zero attached hydrogens (tertiary/aromatic N) is 4. The maximum Gasteiger partial charge on any atom is 0.269 e. The van der Waals surface area contributed by atoms with Crippen molar-refractivity contribution in [2.75, 3.05) is 4.90 Å². The van der Waals surface area contributed by atoms with Crippen molar-refractivity contribution in [1.82, 2.24) is 14.9 Å². The zero-order chi connectivity index (χ0) is 27.6. The number of aromatic nitrogens is 2. The number of para-hydroxylation sites is 1. The summed E-state index contributed by atoms with van der Waals surface area (Å²) in [5, 5.41) is 15.2. The summed E-state index contributed by atoms with van der Waals surface area (Å²) in [5.41, 5.74) is 5.36. The minimum atomic E-state index is -0.388. The van der Waals surface area contributed by atoms with Gasteiger partial charge in [-0.15, -0.1) is 0 Å². The van der Waals surface area contributed by atoms with Crippen molar-refractivity contribution in [3.8, 4) is 5.69 Å². The Morgan fingerprint density at radius 2 is 1.60 bits per heavy atom. The van der Waals surface area contributed by atoms with Gasteiger partial charge in [0.15, 0.2) is 5.11 Å². The molecular formula is C31H25N5O2S2. The van der Waals surface area contributed by atoms with Crippen LogP contribution in [0.3, 0.4) is 0 Å². The van der Waals surface area contributed by atoms with Gasteiger partial charge in [-0.2, -0.15) is 0 Å². The molecule has 198 valence electrons. The molecule has 6 rings (SSSR count). The van der Waals surface area contributed by atoms with Crippen molar-refractivity contribution in [2.24, 2.45) is 0 Å². The number of nitrogens with one attached hydrogen (secondary N) is 1. The van der Waals surface area contributed by atoms with Crippen molar-refractivity contribution >= 4 is 40.5 Å². The highest BCUT2D eigenvalue weighted by molar-refractivity contribution is 7.99. The zero-order valence-corrected chi connectivity index (χ0v) is 23.2.